The molecule has 2 heterocycles. The van der Waals surface area contributed by atoms with Crippen molar-refractivity contribution in [1.29, 1.82) is 0 Å². The van der Waals surface area contributed by atoms with Gasteiger partial charge in [-0.05, 0) is 62.5 Å². The fraction of sp³-hybridized carbons (Fsp3) is 0.583. The lowest BCUT2D eigenvalue weighted by Gasteiger charge is -2.28. The Hall–Kier alpha value is -0.710. The molecule has 0 aliphatic carbocycles. The molecule has 1 aliphatic rings. The maximum Gasteiger partial charge on any atom is 0.287 e. The highest BCUT2D eigenvalue weighted by molar-refractivity contribution is 6.29. The van der Waals surface area contributed by atoms with Gasteiger partial charge in [0.2, 0.25) is 0 Å². The molecule has 0 radical (unpaired) electrons. The standard InChI is InChI=1S/C12H17ClN2O2.ClH/c1-8(9-3-2-6-14-7-9)15-12(16)10-4-5-11(13)17-10;/h4-5,8-9,14H,2-3,6-7H2,1H3,(H,15,16);1H. The van der Waals surface area contributed by atoms with Gasteiger partial charge in [-0.15, -0.1) is 12.4 Å². The van der Waals surface area contributed by atoms with Gasteiger partial charge in [0.05, 0.1) is 0 Å². The normalized spacial score (nSPS) is 20.9. The van der Waals surface area contributed by atoms with Crippen molar-refractivity contribution in [2.45, 2.75) is 25.8 Å². The number of hydrogen-bond donors (Lipinski definition) is 2. The molecule has 2 unspecified atom stereocenters. The molecular formula is C12H18Cl2N2O2. The average molecular weight is 293 g/mol. The summed E-state index contributed by atoms with van der Waals surface area (Å²) < 4.78 is 5.07. The number of halogens is 2. The van der Waals surface area contributed by atoms with E-state index >= 15 is 0 Å². The van der Waals surface area contributed by atoms with Gasteiger partial charge in [-0.25, -0.2) is 0 Å². The van der Waals surface area contributed by atoms with Crippen LogP contribution in [-0.4, -0.2) is 25.0 Å². The topological polar surface area (TPSA) is 54.3 Å². The predicted molar refractivity (Wildman–Crippen MR) is 73.5 cm³/mol. The first-order valence-corrected chi connectivity index (χ1v) is 6.31. The molecule has 18 heavy (non-hydrogen) atoms. The summed E-state index contributed by atoms with van der Waals surface area (Å²) >= 11 is 5.63. The van der Waals surface area contributed by atoms with Gasteiger partial charge in [0.15, 0.2) is 11.0 Å². The van der Waals surface area contributed by atoms with E-state index in [0.29, 0.717) is 5.92 Å². The average Bonchev–Trinajstić information content (AvgIpc) is 2.77. The highest BCUT2D eigenvalue weighted by atomic mass is 35.5. The molecule has 1 amide bonds. The van der Waals surface area contributed by atoms with Crippen molar-refractivity contribution in [3.05, 3.63) is 23.1 Å². The first kappa shape index (κ1) is 15.3. The first-order valence-electron chi connectivity index (χ1n) is 5.94. The molecule has 2 rings (SSSR count). The van der Waals surface area contributed by atoms with Crippen LogP contribution < -0.4 is 10.6 Å². The van der Waals surface area contributed by atoms with Gasteiger partial charge < -0.3 is 15.1 Å². The third-order valence-corrected chi connectivity index (χ3v) is 3.40. The number of piperidine rings is 1. The van der Waals surface area contributed by atoms with Gasteiger partial charge in [0, 0.05) is 6.04 Å². The van der Waals surface area contributed by atoms with Crippen molar-refractivity contribution in [2.75, 3.05) is 13.1 Å². The highest BCUT2D eigenvalue weighted by Crippen LogP contribution is 2.16. The maximum atomic E-state index is 11.8. The minimum absolute atomic E-state index is 0. The van der Waals surface area contributed by atoms with Crippen LogP contribution in [0.15, 0.2) is 16.5 Å². The van der Waals surface area contributed by atoms with Crippen LogP contribution in [0.2, 0.25) is 5.22 Å². The van der Waals surface area contributed by atoms with Gasteiger partial charge in [-0.3, -0.25) is 4.79 Å². The Morgan fingerprint density at radius 1 is 1.61 bits per heavy atom. The lowest BCUT2D eigenvalue weighted by Crippen LogP contribution is -2.44. The van der Waals surface area contributed by atoms with Gasteiger partial charge in [-0.2, -0.15) is 0 Å². The third-order valence-electron chi connectivity index (χ3n) is 3.20. The zero-order chi connectivity index (χ0) is 12.3. The van der Waals surface area contributed by atoms with E-state index in [1.807, 2.05) is 6.92 Å². The smallest absolute Gasteiger partial charge is 0.287 e. The number of amides is 1. The summed E-state index contributed by atoms with van der Waals surface area (Å²) in [4.78, 5) is 11.8. The van der Waals surface area contributed by atoms with E-state index in [1.165, 1.54) is 0 Å². The number of furan rings is 1. The Kier molecular flexibility index (Phi) is 5.99. The van der Waals surface area contributed by atoms with Crippen molar-refractivity contribution in [3.63, 3.8) is 0 Å². The molecule has 1 fully saturated rings. The second-order valence-corrected chi connectivity index (χ2v) is 4.84. The second kappa shape index (κ2) is 7.02. The molecule has 2 N–H and O–H groups in total. The quantitative estimate of drug-likeness (QED) is 0.900. The van der Waals surface area contributed by atoms with Crippen LogP contribution in [0.1, 0.15) is 30.3 Å². The predicted octanol–water partition coefficient (Wildman–Crippen LogP) is 2.47. The molecule has 6 heteroatoms. The van der Waals surface area contributed by atoms with E-state index in [1.54, 1.807) is 12.1 Å². The molecule has 0 bridgehead atoms. The molecule has 4 nitrogen and oxygen atoms in total. The molecule has 1 aromatic heterocycles. The molecule has 0 spiro atoms. The Morgan fingerprint density at radius 2 is 2.39 bits per heavy atom. The van der Waals surface area contributed by atoms with Gasteiger partial charge in [0.1, 0.15) is 0 Å². The summed E-state index contributed by atoms with van der Waals surface area (Å²) in [5, 5.41) is 6.52. The van der Waals surface area contributed by atoms with E-state index in [-0.39, 0.29) is 35.3 Å². The van der Waals surface area contributed by atoms with Gasteiger partial charge in [-0.1, -0.05) is 0 Å². The molecule has 1 aromatic rings. The first-order chi connectivity index (χ1) is 8.16. The van der Waals surface area contributed by atoms with Crippen LogP contribution in [0, 0.1) is 5.92 Å². The second-order valence-electron chi connectivity index (χ2n) is 4.47. The number of carbonyl (C=O) groups is 1. The summed E-state index contributed by atoms with van der Waals surface area (Å²) in [6.45, 7) is 4.06. The molecule has 102 valence electrons. The number of nitrogens with one attached hydrogen (secondary N) is 2. The van der Waals surface area contributed by atoms with Crippen LogP contribution in [0.25, 0.3) is 0 Å². The van der Waals surface area contributed by atoms with Gasteiger partial charge >= 0.3 is 0 Å². The summed E-state index contributed by atoms with van der Waals surface area (Å²) in [5.41, 5.74) is 0. The number of rotatable bonds is 3. The zero-order valence-electron chi connectivity index (χ0n) is 10.2. The molecular weight excluding hydrogens is 275 g/mol. The van der Waals surface area contributed by atoms with Crippen molar-refractivity contribution in [1.82, 2.24) is 10.6 Å². The summed E-state index contributed by atoms with van der Waals surface area (Å²) in [6, 6.07) is 3.30. The van der Waals surface area contributed by atoms with Crippen LogP contribution in [0.4, 0.5) is 0 Å². The van der Waals surface area contributed by atoms with Crippen LogP contribution in [-0.2, 0) is 0 Å². The molecule has 1 saturated heterocycles. The Morgan fingerprint density at radius 3 is 2.94 bits per heavy atom. The third kappa shape index (κ3) is 3.90. The zero-order valence-corrected chi connectivity index (χ0v) is 11.8. The fourth-order valence-electron chi connectivity index (χ4n) is 2.14. The lowest BCUT2D eigenvalue weighted by molar-refractivity contribution is 0.0894. The largest absolute Gasteiger partial charge is 0.440 e. The van der Waals surface area contributed by atoms with E-state index in [9.17, 15) is 4.79 Å². The highest BCUT2D eigenvalue weighted by Gasteiger charge is 2.22. The van der Waals surface area contributed by atoms with E-state index in [2.05, 4.69) is 10.6 Å². The van der Waals surface area contributed by atoms with Crippen molar-refractivity contribution in [3.8, 4) is 0 Å². The lowest BCUT2D eigenvalue weighted by atomic mass is 9.93. The monoisotopic (exact) mass is 292 g/mol. The Balaban J connectivity index is 0.00000162. The fourth-order valence-corrected chi connectivity index (χ4v) is 2.28. The summed E-state index contributed by atoms with van der Waals surface area (Å²) in [6.07, 6.45) is 2.31. The molecule has 0 saturated carbocycles. The van der Waals surface area contributed by atoms with E-state index in [0.717, 1.165) is 25.9 Å². The molecule has 1 aliphatic heterocycles. The number of hydrogen-bond acceptors (Lipinski definition) is 3. The molecule has 0 aromatic carbocycles. The van der Waals surface area contributed by atoms with Crippen LogP contribution in [0.5, 0.6) is 0 Å². The van der Waals surface area contributed by atoms with Crippen molar-refractivity contribution >= 4 is 29.9 Å². The van der Waals surface area contributed by atoms with E-state index in [4.69, 9.17) is 16.0 Å². The number of carbonyl (C=O) groups excluding carboxylic acids is 1. The molecule has 2 atom stereocenters. The van der Waals surface area contributed by atoms with E-state index < -0.39 is 0 Å². The SMILES string of the molecule is CC(NC(=O)c1ccc(Cl)o1)C1CCCNC1.Cl. The Bertz CT molecular complexity index is 389. The van der Waals surface area contributed by atoms with Crippen LogP contribution >= 0.6 is 24.0 Å². The Labute approximate surface area is 118 Å². The van der Waals surface area contributed by atoms with Crippen molar-refractivity contribution in [2.24, 2.45) is 5.92 Å². The van der Waals surface area contributed by atoms with Crippen molar-refractivity contribution < 1.29 is 9.21 Å². The van der Waals surface area contributed by atoms with Crippen LogP contribution in [0.3, 0.4) is 0 Å². The van der Waals surface area contributed by atoms with Gasteiger partial charge in [0.25, 0.3) is 5.91 Å². The maximum absolute atomic E-state index is 11.8. The minimum atomic E-state index is -0.199. The summed E-state index contributed by atoms with van der Waals surface area (Å²) in [5.74, 6) is 0.554. The summed E-state index contributed by atoms with van der Waals surface area (Å²) in [7, 11) is 0. The minimum Gasteiger partial charge on any atom is -0.440 e.